The topological polar surface area (TPSA) is 80.5 Å². The molecule has 0 atom stereocenters. The Kier molecular flexibility index (Phi) is 4.88. The Hall–Kier alpha value is -1.63. The van der Waals surface area contributed by atoms with Crippen molar-refractivity contribution in [3.63, 3.8) is 0 Å². The maximum absolute atomic E-state index is 11.6. The number of sulfone groups is 1. The van der Waals surface area contributed by atoms with E-state index in [9.17, 15) is 18.5 Å². The van der Waals surface area contributed by atoms with Crippen molar-refractivity contribution in [3.05, 3.63) is 28.3 Å². The van der Waals surface area contributed by atoms with Gasteiger partial charge >= 0.3 is 5.69 Å². The molecule has 1 aromatic carbocycles. The van der Waals surface area contributed by atoms with Crippen molar-refractivity contribution in [1.29, 1.82) is 0 Å². The molecule has 0 aliphatic carbocycles. The first-order chi connectivity index (χ1) is 8.79. The lowest BCUT2D eigenvalue weighted by Crippen LogP contribution is -2.20. The normalized spacial score (nSPS) is 11.3. The van der Waals surface area contributed by atoms with Gasteiger partial charge in [-0.25, -0.2) is 8.42 Å². The third-order valence-corrected chi connectivity index (χ3v) is 3.95. The summed E-state index contributed by atoms with van der Waals surface area (Å²) in [6.45, 7) is 2.67. The van der Waals surface area contributed by atoms with Gasteiger partial charge in [0, 0.05) is 19.8 Å². The van der Waals surface area contributed by atoms with Crippen LogP contribution in [0.15, 0.2) is 23.1 Å². The number of anilines is 1. The van der Waals surface area contributed by atoms with E-state index in [2.05, 4.69) is 0 Å². The van der Waals surface area contributed by atoms with Crippen LogP contribution in [0.5, 0.6) is 0 Å². The Morgan fingerprint density at radius 2 is 2.00 bits per heavy atom. The average molecular weight is 286 g/mol. The number of hydrogen-bond donors (Lipinski definition) is 0. The Morgan fingerprint density at radius 3 is 2.47 bits per heavy atom. The minimum Gasteiger partial charge on any atom is -0.369 e. The molecule has 1 aromatic rings. The van der Waals surface area contributed by atoms with E-state index in [0.29, 0.717) is 12.2 Å². The molecule has 1 rings (SSSR count). The number of nitro benzene ring substituents is 1. The largest absolute Gasteiger partial charge is 0.369 e. The van der Waals surface area contributed by atoms with Gasteiger partial charge < -0.3 is 4.90 Å². The van der Waals surface area contributed by atoms with Crippen LogP contribution in [0.25, 0.3) is 0 Å². The lowest BCUT2D eigenvalue weighted by atomic mass is 10.2. The Labute approximate surface area is 113 Å². The molecule has 0 unspecified atom stereocenters. The standard InChI is InChI=1S/C12H18N2O4S/c1-4-5-9-13(2)10-7-6-8-11(19(3,17)18)12(10)14(15)16/h6-8H,4-5,9H2,1-3H3. The van der Waals surface area contributed by atoms with Gasteiger partial charge in [-0.1, -0.05) is 19.4 Å². The summed E-state index contributed by atoms with van der Waals surface area (Å²) in [4.78, 5) is 12.0. The van der Waals surface area contributed by atoms with Crippen LogP contribution in [0.3, 0.4) is 0 Å². The van der Waals surface area contributed by atoms with E-state index in [1.165, 1.54) is 12.1 Å². The van der Waals surface area contributed by atoms with Gasteiger partial charge in [0.25, 0.3) is 0 Å². The zero-order chi connectivity index (χ0) is 14.6. The van der Waals surface area contributed by atoms with Crippen molar-refractivity contribution in [3.8, 4) is 0 Å². The van der Waals surface area contributed by atoms with Crippen LogP contribution in [0.2, 0.25) is 0 Å². The third kappa shape index (κ3) is 3.66. The van der Waals surface area contributed by atoms with Gasteiger partial charge in [0.15, 0.2) is 9.84 Å². The van der Waals surface area contributed by atoms with Crippen molar-refractivity contribution in [2.75, 3.05) is 24.7 Å². The van der Waals surface area contributed by atoms with Gasteiger partial charge in [-0.3, -0.25) is 10.1 Å². The van der Waals surface area contributed by atoms with Gasteiger partial charge in [0.05, 0.1) is 4.92 Å². The zero-order valence-corrected chi connectivity index (χ0v) is 12.1. The van der Waals surface area contributed by atoms with Crippen LogP contribution in [-0.2, 0) is 9.84 Å². The predicted molar refractivity (Wildman–Crippen MR) is 74.4 cm³/mol. The molecule has 0 amide bonds. The van der Waals surface area contributed by atoms with E-state index >= 15 is 0 Å². The quantitative estimate of drug-likeness (QED) is 0.591. The average Bonchev–Trinajstić information content (AvgIpc) is 2.33. The highest BCUT2D eigenvalue weighted by molar-refractivity contribution is 7.90. The zero-order valence-electron chi connectivity index (χ0n) is 11.3. The van der Waals surface area contributed by atoms with Crippen LogP contribution >= 0.6 is 0 Å². The summed E-state index contributed by atoms with van der Waals surface area (Å²) in [6, 6.07) is 4.37. The molecule has 0 bridgehead atoms. The number of para-hydroxylation sites is 1. The minimum absolute atomic E-state index is 0.238. The Balaban J connectivity index is 3.37. The van der Waals surface area contributed by atoms with Gasteiger partial charge in [-0.2, -0.15) is 0 Å². The number of benzene rings is 1. The number of unbranched alkanes of at least 4 members (excludes halogenated alkanes) is 1. The van der Waals surface area contributed by atoms with Gasteiger partial charge in [-0.05, 0) is 18.6 Å². The molecular formula is C12H18N2O4S. The summed E-state index contributed by atoms with van der Waals surface area (Å²) in [6.07, 6.45) is 2.83. The highest BCUT2D eigenvalue weighted by Gasteiger charge is 2.27. The summed E-state index contributed by atoms with van der Waals surface area (Å²) >= 11 is 0. The molecule has 0 aromatic heterocycles. The van der Waals surface area contributed by atoms with Crippen LogP contribution < -0.4 is 4.90 Å². The van der Waals surface area contributed by atoms with Crippen LogP contribution in [0, 0.1) is 10.1 Å². The molecule has 7 heteroatoms. The monoisotopic (exact) mass is 286 g/mol. The van der Waals surface area contributed by atoms with Crippen molar-refractivity contribution in [2.45, 2.75) is 24.7 Å². The predicted octanol–water partition coefficient (Wildman–Crippen LogP) is 2.23. The molecule has 6 nitrogen and oxygen atoms in total. The second-order valence-corrected chi connectivity index (χ2v) is 6.41. The molecule has 106 valence electrons. The molecule has 0 fully saturated rings. The minimum atomic E-state index is -3.62. The summed E-state index contributed by atoms with van der Waals surface area (Å²) in [5.41, 5.74) is -0.00928. The maximum Gasteiger partial charge on any atom is 0.311 e. The van der Waals surface area contributed by atoms with E-state index in [1.807, 2.05) is 6.92 Å². The number of nitrogens with zero attached hydrogens (tertiary/aromatic N) is 2. The van der Waals surface area contributed by atoms with Crippen LogP contribution in [0.4, 0.5) is 11.4 Å². The molecule has 0 aliphatic heterocycles. The first-order valence-corrected chi connectivity index (χ1v) is 7.86. The molecule has 0 spiro atoms. The first kappa shape index (κ1) is 15.4. The van der Waals surface area contributed by atoms with Crippen molar-refractivity contribution >= 4 is 21.2 Å². The van der Waals surface area contributed by atoms with E-state index in [0.717, 1.165) is 19.1 Å². The SMILES string of the molecule is CCCCN(C)c1cccc(S(C)(=O)=O)c1[N+](=O)[O-]. The van der Waals surface area contributed by atoms with E-state index in [4.69, 9.17) is 0 Å². The van der Waals surface area contributed by atoms with Crippen LogP contribution in [0.1, 0.15) is 19.8 Å². The first-order valence-electron chi connectivity index (χ1n) is 5.97. The molecular weight excluding hydrogens is 268 g/mol. The molecule has 0 radical (unpaired) electrons. The highest BCUT2D eigenvalue weighted by Crippen LogP contribution is 2.34. The molecule has 0 saturated carbocycles. The smallest absolute Gasteiger partial charge is 0.311 e. The van der Waals surface area contributed by atoms with E-state index < -0.39 is 14.8 Å². The highest BCUT2D eigenvalue weighted by atomic mass is 32.2. The van der Waals surface area contributed by atoms with E-state index in [-0.39, 0.29) is 10.6 Å². The number of rotatable bonds is 6. The van der Waals surface area contributed by atoms with E-state index in [1.54, 1.807) is 18.0 Å². The fourth-order valence-electron chi connectivity index (χ4n) is 1.82. The van der Waals surface area contributed by atoms with Gasteiger partial charge in [0.1, 0.15) is 10.6 Å². The van der Waals surface area contributed by atoms with Crippen molar-refractivity contribution in [1.82, 2.24) is 0 Å². The molecule has 0 aliphatic rings. The fourth-order valence-corrected chi connectivity index (χ4v) is 2.67. The number of hydrogen-bond acceptors (Lipinski definition) is 5. The maximum atomic E-state index is 11.6. The Morgan fingerprint density at radius 1 is 1.37 bits per heavy atom. The summed E-state index contributed by atoms with van der Waals surface area (Å²) in [5.74, 6) is 0. The Bertz CT molecular complexity index is 569. The molecule has 0 N–H and O–H groups in total. The van der Waals surface area contributed by atoms with Crippen molar-refractivity contribution < 1.29 is 13.3 Å². The second kappa shape index (κ2) is 6.01. The van der Waals surface area contributed by atoms with Crippen LogP contribution in [-0.4, -0.2) is 33.2 Å². The number of nitro groups is 1. The molecule has 0 heterocycles. The lowest BCUT2D eigenvalue weighted by Gasteiger charge is -2.19. The van der Waals surface area contributed by atoms with Gasteiger partial charge in [0.2, 0.25) is 0 Å². The molecule has 19 heavy (non-hydrogen) atoms. The summed E-state index contributed by atoms with van der Waals surface area (Å²) < 4.78 is 23.2. The lowest BCUT2D eigenvalue weighted by molar-refractivity contribution is -0.387. The second-order valence-electron chi connectivity index (χ2n) is 4.43. The van der Waals surface area contributed by atoms with Gasteiger partial charge in [-0.15, -0.1) is 0 Å². The summed E-state index contributed by atoms with van der Waals surface area (Å²) in [5, 5.41) is 11.2. The fraction of sp³-hybridized carbons (Fsp3) is 0.500. The summed E-state index contributed by atoms with van der Waals surface area (Å²) in [7, 11) is -1.90. The third-order valence-electron chi connectivity index (χ3n) is 2.82. The molecule has 0 saturated heterocycles. The van der Waals surface area contributed by atoms with Crippen molar-refractivity contribution in [2.24, 2.45) is 0 Å².